The summed E-state index contributed by atoms with van der Waals surface area (Å²) in [6.45, 7) is 1.72. The zero-order valence-electron chi connectivity index (χ0n) is 21.9. The van der Waals surface area contributed by atoms with E-state index in [0.29, 0.717) is 34.8 Å². The van der Waals surface area contributed by atoms with Crippen molar-refractivity contribution in [3.63, 3.8) is 0 Å². The monoisotopic (exact) mass is 519 g/mol. The van der Waals surface area contributed by atoms with Gasteiger partial charge >= 0.3 is 0 Å². The summed E-state index contributed by atoms with van der Waals surface area (Å²) in [6.07, 6.45) is 1.18. The number of likely N-dealkylation sites (N-methyl/N-ethyl adjacent to an activating group) is 2. The number of hydrogen-bond donors (Lipinski definition) is 2. The van der Waals surface area contributed by atoms with Crippen LogP contribution in [0.1, 0.15) is 16.1 Å². The molecule has 2 aromatic carbocycles. The van der Waals surface area contributed by atoms with E-state index in [2.05, 4.69) is 15.3 Å². The third-order valence-corrected chi connectivity index (χ3v) is 6.44. The van der Waals surface area contributed by atoms with Crippen LogP contribution in [0.5, 0.6) is 11.5 Å². The minimum absolute atomic E-state index is 0.0271. The molecular weight excluding hydrogens is 489 g/mol. The molecule has 1 aliphatic rings. The Morgan fingerprint density at radius 1 is 1.42 bits per heavy atom. The molecule has 1 amide bonds. The van der Waals surface area contributed by atoms with Gasteiger partial charge in [-0.15, -0.1) is 0 Å². The SMILES string of the molecule is [2H]CN1C[C@@H](Oc2cc3c(Nc4cccc(Cl)c4F)ncnc3cc2OC)C[C@H]1C(=O)N(C[2H])[C@H](C)CO. The van der Waals surface area contributed by atoms with Gasteiger partial charge in [0.25, 0.3) is 0 Å². The van der Waals surface area contributed by atoms with Gasteiger partial charge in [0.2, 0.25) is 5.91 Å². The Morgan fingerprint density at radius 3 is 2.97 bits per heavy atom. The molecule has 2 N–H and O–H groups in total. The van der Waals surface area contributed by atoms with E-state index in [1.54, 1.807) is 36.1 Å². The number of aliphatic hydroxyl groups is 1. The van der Waals surface area contributed by atoms with E-state index >= 15 is 0 Å². The number of ether oxygens (including phenoxy) is 2. The van der Waals surface area contributed by atoms with E-state index < -0.39 is 24.0 Å². The summed E-state index contributed by atoms with van der Waals surface area (Å²) in [6, 6.07) is 6.80. The van der Waals surface area contributed by atoms with Crippen molar-refractivity contribution in [2.45, 2.75) is 31.5 Å². The third kappa shape index (κ3) is 5.16. The van der Waals surface area contributed by atoms with Crippen LogP contribution in [0.25, 0.3) is 10.9 Å². The molecule has 1 saturated heterocycles. The number of likely N-dealkylation sites (tertiary alicyclic amines) is 1. The molecular formula is C25H29ClFN5O4. The van der Waals surface area contributed by atoms with Gasteiger partial charge in [-0.2, -0.15) is 0 Å². The van der Waals surface area contributed by atoms with E-state index in [-0.39, 0.29) is 43.7 Å². The number of amides is 1. The molecule has 3 atom stereocenters. The zero-order chi connectivity index (χ0) is 27.4. The van der Waals surface area contributed by atoms with Crippen LogP contribution in [0.15, 0.2) is 36.7 Å². The van der Waals surface area contributed by atoms with Crippen LogP contribution in [-0.4, -0.2) is 83.3 Å². The highest BCUT2D eigenvalue weighted by Crippen LogP contribution is 2.37. The lowest BCUT2D eigenvalue weighted by Crippen LogP contribution is -2.47. The number of aliphatic hydroxyl groups excluding tert-OH is 1. The maximum atomic E-state index is 14.5. The van der Waals surface area contributed by atoms with Crippen molar-refractivity contribution >= 4 is 39.9 Å². The smallest absolute Gasteiger partial charge is 0.240 e. The van der Waals surface area contributed by atoms with Gasteiger partial charge in [0, 0.05) is 34.2 Å². The summed E-state index contributed by atoms with van der Waals surface area (Å²) in [5.41, 5.74) is 0.681. The number of rotatable bonds is 8. The number of halogens is 2. The topological polar surface area (TPSA) is 100 Å². The quantitative estimate of drug-likeness (QED) is 0.467. The number of anilines is 2. The molecule has 0 unspecified atom stereocenters. The second kappa shape index (κ2) is 10.8. The number of hydrogen-bond acceptors (Lipinski definition) is 8. The molecule has 2 heterocycles. The Kier molecular flexibility index (Phi) is 6.97. The van der Waals surface area contributed by atoms with Crippen LogP contribution < -0.4 is 14.8 Å². The molecule has 0 radical (unpaired) electrons. The van der Waals surface area contributed by atoms with Gasteiger partial charge in [0.15, 0.2) is 17.3 Å². The lowest BCUT2D eigenvalue weighted by Gasteiger charge is -2.28. The highest BCUT2D eigenvalue weighted by molar-refractivity contribution is 6.31. The molecule has 0 saturated carbocycles. The molecule has 9 nitrogen and oxygen atoms in total. The fourth-order valence-corrected chi connectivity index (χ4v) is 4.21. The van der Waals surface area contributed by atoms with Crippen molar-refractivity contribution in [2.75, 3.05) is 39.6 Å². The van der Waals surface area contributed by atoms with Crippen LogP contribution in [0.2, 0.25) is 5.02 Å². The molecule has 0 spiro atoms. The number of benzene rings is 2. The van der Waals surface area contributed by atoms with Crippen LogP contribution >= 0.6 is 11.6 Å². The van der Waals surface area contributed by atoms with E-state index in [0.717, 1.165) is 0 Å². The van der Waals surface area contributed by atoms with Gasteiger partial charge in [-0.1, -0.05) is 17.7 Å². The maximum Gasteiger partial charge on any atom is 0.240 e. The predicted octanol–water partition coefficient (Wildman–Crippen LogP) is 3.47. The van der Waals surface area contributed by atoms with Gasteiger partial charge in [-0.05, 0) is 32.1 Å². The Bertz CT molecular complexity index is 1310. The average molecular weight is 520 g/mol. The van der Waals surface area contributed by atoms with Crippen LogP contribution in [0.3, 0.4) is 0 Å². The average Bonchev–Trinajstić information content (AvgIpc) is 3.34. The lowest BCUT2D eigenvalue weighted by atomic mass is 10.1. The van der Waals surface area contributed by atoms with Gasteiger partial charge in [-0.25, -0.2) is 14.4 Å². The zero-order valence-corrected chi connectivity index (χ0v) is 20.7. The number of aromatic nitrogens is 2. The summed E-state index contributed by atoms with van der Waals surface area (Å²) < 4.78 is 42.0. The van der Waals surface area contributed by atoms with Gasteiger partial charge < -0.3 is 24.8 Å². The van der Waals surface area contributed by atoms with E-state index in [4.69, 9.17) is 23.8 Å². The molecule has 1 aromatic heterocycles. The summed E-state index contributed by atoms with van der Waals surface area (Å²) in [4.78, 5) is 24.7. The molecule has 4 rings (SSSR count). The molecule has 1 fully saturated rings. The van der Waals surface area contributed by atoms with Crippen LogP contribution in [0.4, 0.5) is 15.9 Å². The van der Waals surface area contributed by atoms with Crippen molar-refractivity contribution in [1.29, 1.82) is 0 Å². The number of methoxy groups -OCH3 is 1. The highest BCUT2D eigenvalue weighted by Gasteiger charge is 2.38. The second-order valence-electron chi connectivity index (χ2n) is 8.57. The fourth-order valence-electron chi connectivity index (χ4n) is 4.03. The number of carbonyl (C=O) groups excluding carboxylic acids is 1. The van der Waals surface area contributed by atoms with E-state index in [9.17, 15) is 14.3 Å². The summed E-state index contributed by atoms with van der Waals surface area (Å²) in [5, 5.41) is 13.0. The van der Waals surface area contributed by atoms with Crippen LogP contribution in [0, 0.1) is 5.82 Å². The normalized spacial score (nSPS) is 19.5. The van der Waals surface area contributed by atoms with Gasteiger partial charge in [-0.3, -0.25) is 9.69 Å². The molecule has 0 bridgehead atoms. The van der Waals surface area contributed by atoms with Crippen molar-refractivity contribution < 1.29 is 26.5 Å². The summed E-state index contributed by atoms with van der Waals surface area (Å²) in [5.74, 6) is 0.174. The predicted molar refractivity (Wildman–Crippen MR) is 136 cm³/mol. The molecule has 11 heteroatoms. The van der Waals surface area contributed by atoms with Crippen molar-refractivity contribution in [2.24, 2.45) is 0 Å². The summed E-state index contributed by atoms with van der Waals surface area (Å²) in [7, 11) is 1.07. The Labute approximate surface area is 216 Å². The first-order chi connectivity index (χ1) is 18.3. The van der Waals surface area contributed by atoms with Crippen LogP contribution in [-0.2, 0) is 4.79 Å². The number of fused-ring (bicyclic) bond motifs is 1. The summed E-state index contributed by atoms with van der Waals surface area (Å²) >= 11 is 5.92. The Balaban J connectivity index is 1.62. The van der Waals surface area contributed by atoms with Gasteiger partial charge in [0.05, 0.1) is 42.0 Å². The lowest BCUT2D eigenvalue weighted by molar-refractivity contribution is -0.136. The minimum atomic E-state index is -0.658. The standard InChI is InChI=1S/C25H29ClFN5O4/c1-14(12-33)32(3)25(34)20-8-15(11-31(20)2)36-22-9-16-19(10-21(22)35-4)28-13-29-24(16)30-18-7-5-6-17(26)23(18)27/h5-7,9-10,13-15,20,33H,8,11-12H2,1-4H3,(H,28,29,30)/t14-,15+,20+/m1/s1/i2D,3D. The minimum Gasteiger partial charge on any atom is -0.493 e. The first-order valence-corrected chi connectivity index (χ1v) is 11.6. The van der Waals surface area contributed by atoms with E-state index in [1.165, 1.54) is 24.4 Å². The Morgan fingerprint density at radius 2 is 2.25 bits per heavy atom. The highest BCUT2D eigenvalue weighted by atomic mass is 35.5. The van der Waals surface area contributed by atoms with Gasteiger partial charge in [0.1, 0.15) is 18.2 Å². The molecule has 0 aliphatic carbocycles. The molecule has 3 aromatic rings. The number of nitrogens with zero attached hydrogens (tertiary/aromatic N) is 4. The maximum absolute atomic E-state index is 14.5. The Hall–Kier alpha value is -3.21. The number of carbonyl (C=O) groups is 1. The molecule has 192 valence electrons. The fraction of sp³-hybridized carbons (Fsp3) is 0.400. The largest absolute Gasteiger partial charge is 0.493 e. The van der Waals surface area contributed by atoms with Crippen molar-refractivity contribution in [1.82, 2.24) is 19.8 Å². The van der Waals surface area contributed by atoms with Crippen molar-refractivity contribution in [3.8, 4) is 11.5 Å². The first kappa shape index (κ1) is 23.2. The van der Waals surface area contributed by atoms with E-state index in [1.807, 2.05) is 0 Å². The van der Waals surface area contributed by atoms with Crippen molar-refractivity contribution in [3.05, 3.63) is 47.5 Å². The third-order valence-electron chi connectivity index (χ3n) is 6.15. The molecule has 1 aliphatic heterocycles. The second-order valence-corrected chi connectivity index (χ2v) is 8.98. The first-order valence-electron chi connectivity index (χ1n) is 12.7. The number of nitrogens with one attached hydrogen (secondary N) is 1. The molecule has 36 heavy (non-hydrogen) atoms.